The number of imidazole rings is 1. The summed E-state index contributed by atoms with van der Waals surface area (Å²) in [6.45, 7) is 2.96. The van der Waals surface area contributed by atoms with Crippen LogP contribution in [0.25, 0.3) is 11.2 Å². The third kappa shape index (κ3) is 2.94. The zero-order valence-corrected chi connectivity index (χ0v) is 10.1. The number of anilines is 1. The van der Waals surface area contributed by atoms with E-state index in [1.165, 1.54) is 0 Å². The first-order chi connectivity index (χ1) is 8.19. The van der Waals surface area contributed by atoms with Crippen molar-refractivity contribution in [3.63, 3.8) is 0 Å². The van der Waals surface area contributed by atoms with Gasteiger partial charge in [0.2, 0.25) is 0 Å². The van der Waals surface area contributed by atoms with Gasteiger partial charge in [-0.05, 0) is 37.4 Å². The fourth-order valence-corrected chi connectivity index (χ4v) is 1.89. The second kappa shape index (κ2) is 5.14. The summed E-state index contributed by atoms with van der Waals surface area (Å²) in [5.74, 6) is 2.11. The number of pyridine rings is 1. The molecule has 0 fully saturated rings. The van der Waals surface area contributed by atoms with Gasteiger partial charge < -0.3 is 16.5 Å². The number of hydrogen-bond acceptors (Lipinski definition) is 4. The van der Waals surface area contributed by atoms with E-state index < -0.39 is 0 Å². The molecule has 92 valence electrons. The first-order valence-electron chi connectivity index (χ1n) is 6.00. The zero-order chi connectivity index (χ0) is 12.3. The van der Waals surface area contributed by atoms with Crippen LogP contribution in [0.15, 0.2) is 12.1 Å². The Morgan fingerprint density at radius 3 is 2.88 bits per heavy atom. The normalized spacial score (nSPS) is 13.1. The lowest BCUT2D eigenvalue weighted by atomic mass is 10.0. The molecule has 5 nitrogen and oxygen atoms in total. The summed E-state index contributed by atoms with van der Waals surface area (Å²) in [6, 6.07) is 3.69. The summed E-state index contributed by atoms with van der Waals surface area (Å²) in [5.41, 5.74) is 12.8. The van der Waals surface area contributed by atoms with Crippen LogP contribution in [0.5, 0.6) is 0 Å². The van der Waals surface area contributed by atoms with Gasteiger partial charge in [-0.1, -0.05) is 6.92 Å². The molecule has 0 amide bonds. The fourth-order valence-electron chi connectivity index (χ4n) is 1.89. The number of fused-ring (bicyclic) bond motifs is 1. The van der Waals surface area contributed by atoms with E-state index in [2.05, 4.69) is 21.9 Å². The minimum Gasteiger partial charge on any atom is -0.384 e. The molecule has 17 heavy (non-hydrogen) atoms. The van der Waals surface area contributed by atoms with E-state index in [0.29, 0.717) is 17.4 Å². The predicted molar refractivity (Wildman–Crippen MR) is 69.5 cm³/mol. The molecular weight excluding hydrogens is 214 g/mol. The van der Waals surface area contributed by atoms with Crippen molar-refractivity contribution < 1.29 is 0 Å². The summed E-state index contributed by atoms with van der Waals surface area (Å²) >= 11 is 0. The molecule has 2 heterocycles. The van der Waals surface area contributed by atoms with Crippen LogP contribution in [-0.4, -0.2) is 21.5 Å². The number of nitrogen functional groups attached to an aromatic ring is 1. The van der Waals surface area contributed by atoms with Crippen LogP contribution in [-0.2, 0) is 6.42 Å². The molecule has 0 radical (unpaired) electrons. The smallest absolute Gasteiger partial charge is 0.179 e. The van der Waals surface area contributed by atoms with E-state index in [0.717, 1.165) is 37.1 Å². The summed E-state index contributed by atoms with van der Waals surface area (Å²) < 4.78 is 0. The van der Waals surface area contributed by atoms with Crippen LogP contribution < -0.4 is 11.5 Å². The highest BCUT2D eigenvalue weighted by Gasteiger charge is 2.06. The molecule has 0 aromatic carbocycles. The van der Waals surface area contributed by atoms with Crippen LogP contribution in [0.4, 0.5) is 5.82 Å². The van der Waals surface area contributed by atoms with E-state index >= 15 is 0 Å². The maximum atomic E-state index is 5.62. The van der Waals surface area contributed by atoms with Gasteiger partial charge in [0.15, 0.2) is 5.65 Å². The van der Waals surface area contributed by atoms with Gasteiger partial charge in [-0.25, -0.2) is 9.97 Å². The molecule has 0 spiro atoms. The van der Waals surface area contributed by atoms with Crippen molar-refractivity contribution in [1.29, 1.82) is 0 Å². The van der Waals surface area contributed by atoms with Crippen molar-refractivity contribution >= 4 is 17.0 Å². The number of nitrogens with one attached hydrogen (secondary N) is 1. The molecule has 0 bridgehead atoms. The van der Waals surface area contributed by atoms with Crippen molar-refractivity contribution in [2.75, 3.05) is 12.3 Å². The number of rotatable bonds is 5. The Kier molecular flexibility index (Phi) is 3.58. The van der Waals surface area contributed by atoms with Gasteiger partial charge in [0.25, 0.3) is 0 Å². The molecular formula is C12H19N5. The maximum absolute atomic E-state index is 5.62. The van der Waals surface area contributed by atoms with Gasteiger partial charge in [0.1, 0.15) is 11.6 Å². The van der Waals surface area contributed by atoms with Crippen molar-refractivity contribution in [2.45, 2.75) is 26.2 Å². The lowest BCUT2D eigenvalue weighted by molar-refractivity contribution is 0.495. The number of aromatic nitrogens is 3. The quantitative estimate of drug-likeness (QED) is 0.728. The second-order valence-corrected chi connectivity index (χ2v) is 4.51. The molecule has 2 aromatic heterocycles. The lowest BCUT2D eigenvalue weighted by Gasteiger charge is -2.07. The minimum atomic E-state index is 0.507. The Morgan fingerprint density at radius 2 is 2.12 bits per heavy atom. The summed E-state index contributed by atoms with van der Waals surface area (Å²) in [7, 11) is 0. The van der Waals surface area contributed by atoms with Gasteiger partial charge >= 0.3 is 0 Å². The average molecular weight is 233 g/mol. The Balaban J connectivity index is 2.04. The number of hydrogen-bond donors (Lipinski definition) is 3. The van der Waals surface area contributed by atoms with Gasteiger partial charge in [0, 0.05) is 6.42 Å². The van der Waals surface area contributed by atoms with Crippen molar-refractivity contribution in [2.24, 2.45) is 11.7 Å². The Hall–Kier alpha value is -1.62. The van der Waals surface area contributed by atoms with E-state index in [1.54, 1.807) is 6.07 Å². The van der Waals surface area contributed by atoms with Crippen molar-refractivity contribution in [1.82, 2.24) is 15.0 Å². The Bertz CT molecular complexity index is 491. The summed E-state index contributed by atoms with van der Waals surface area (Å²) in [4.78, 5) is 11.9. The van der Waals surface area contributed by atoms with Gasteiger partial charge in [-0.2, -0.15) is 0 Å². The van der Waals surface area contributed by atoms with E-state index in [1.807, 2.05) is 6.07 Å². The van der Waals surface area contributed by atoms with Crippen LogP contribution >= 0.6 is 0 Å². The third-order valence-electron chi connectivity index (χ3n) is 2.95. The first-order valence-corrected chi connectivity index (χ1v) is 6.00. The molecule has 2 rings (SSSR count). The van der Waals surface area contributed by atoms with Crippen LogP contribution in [0.2, 0.25) is 0 Å². The molecule has 2 aromatic rings. The topological polar surface area (TPSA) is 93.6 Å². The number of nitrogens with zero attached hydrogens (tertiary/aromatic N) is 2. The van der Waals surface area contributed by atoms with E-state index in [9.17, 15) is 0 Å². The van der Waals surface area contributed by atoms with Crippen LogP contribution in [0.3, 0.4) is 0 Å². The SMILES string of the molecule is CC(CCN)CCc1nc2nc(N)ccc2[nH]1. The number of H-pyrrole nitrogens is 1. The highest BCUT2D eigenvalue weighted by Crippen LogP contribution is 2.14. The van der Waals surface area contributed by atoms with Gasteiger partial charge in [-0.15, -0.1) is 0 Å². The Morgan fingerprint density at radius 1 is 1.29 bits per heavy atom. The molecule has 5 N–H and O–H groups in total. The highest BCUT2D eigenvalue weighted by molar-refractivity contribution is 5.72. The summed E-state index contributed by atoms with van der Waals surface area (Å²) in [5, 5.41) is 0. The average Bonchev–Trinajstić information content (AvgIpc) is 2.68. The molecule has 1 atom stereocenters. The molecule has 0 saturated heterocycles. The van der Waals surface area contributed by atoms with Crippen molar-refractivity contribution in [3.05, 3.63) is 18.0 Å². The zero-order valence-electron chi connectivity index (χ0n) is 10.1. The minimum absolute atomic E-state index is 0.507. The van der Waals surface area contributed by atoms with Crippen LogP contribution in [0.1, 0.15) is 25.6 Å². The van der Waals surface area contributed by atoms with Gasteiger partial charge in [-0.3, -0.25) is 0 Å². The fraction of sp³-hybridized carbons (Fsp3) is 0.500. The molecule has 1 unspecified atom stereocenters. The lowest BCUT2D eigenvalue weighted by Crippen LogP contribution is -2.06. The molecule has 0 aliphatic rings. The standard InChI is InChI=1S/C12H19N5/c1-8(6-7-13)2-5-11-15-9-3-4-10(14)16-12(9)17-11/h3-4,8H,2,5-7,13H2,1H3,(H3,14,15,16,17). The van der Waals surface area contributed by atoms with Crippen LogP contribution in [0, 0.1) is 5.92 Å². The number of nitrogens with two attached hydrogens (primary N) is 2. The monoisotopic (exact) mass is 233 g/mol. The number of aryl methyl sites for hydroxylation is 1. The van der Waals surface area contributed by atoms with E-state index in [-0.39, 0.29) is 0 Å². The van der Waals surface area contributed by atoms with E-state index in [4.69, 9.17) is 11.5 Å². The first kappa shape index (κ1) is 11.9. The second-order valence-electron chi connectivity index (χ2n) is 4.51. The van der Waals surface area contributed by atoms with Crippen molar-refractivity contribution in [3.8, 4) is 0 Å². The maximum Gasteiger partial charge on any atom is 0.179 e. The molecule has 0 aliphatic carbocycles. The molecule has 0 saturated carbocycles. The largest absolute Gasteiger partial charge is 0.384 e. The predicted octanol–water partition coefficient (Wildman–Crippen LogP) is 1.46. The summed E-state index contributed by atoms with van der Waals surface area (Å²) in [6.07, 6.45) is 3.08. The molecule has 0 aliphatic heterocycles. The highest BCUT2D eigenvalue weighted by atomic mass is 15.0. The van der Waals surface area contributed by atoms with Gasteiger partial charge in [0.05, 0.1) is 5.52 Å². The molecule has 5 heteroatoms. The number of aromatic amines is 1. The third-order valence-corrected chi connectivity index (χ3v) is 2.95. The Labute approximate surface area is 101 Å².